The number of aromatic nitrogens is 3. The molecule has 1 aliphatic heterocycles. The zero-order chi connectivity index (χ0) is 29.1. The Morgan fingerprint density at radius 3 is 2.39 bits per heavy atom. The van der Waals surface area contributed by atoms with E-state index in [9.17, 15) is 9.59 Å². The summed E-state index contributed by atoms with van der Waals surface area (Å²) in [5, 5.41) is 10.5. The van der Waals surface area contributed by atoms with Gasteiger partial charge in [0.15, 0.2) is 0 Å². The Morgan fingerprint density at radius 2 is 1.76 bits per heavy atom. The van der Waals surface area contributed by atoms with Gasteiger partial charge in [-0.25, -0.2) is 4.98 Å². The van der Waals surface area contributed by atoms with E-state index in [-0.39, 0.29) is 17.9 Å². The minimum Gasteiger partial charge on any atom is -0.368 e. The lowest BCUT2D eigenvalue weighted by molar-refractivity contribution is 0.0660. The average molecular weight is 551 g/mol. The second kappa shape index (κ2) is 12.0. The molecule has 4 aromatic rings. The minimum absolute atomic E-state index is 0.0110. The molecule has 0 saturated carbocycles. The summed E-state index contributed by atoms with van der Waals surface area (Å²) in [6.45, 7) is 9.58. The molecule has 0 spiro atoms. The molecule has 8 heteroatoms. The number of aryl methyl sites for hydroxylation is 2. The molecule has 0 bridgehead atoms. The van der Waals surface area contributed by atoms with Gasteiger partial charge in [-0.05, 0) is 86.1 Å². The first-order valence-electron chi connectivity index (χ1n) is 14.2. The molecular formula is C33H38N6O2. The Hall–Kier alpha value is -4.46. The number of likely N-dealkylation sites (tertiary alicyclic amines) is 1. The summed E-state index contributed by atoms with van der Waals surface area (Å²) in [6, 6.07) is 20.1. The number of hydrogen-bond acceptors (Lipinski definition) is 5. The molecule has 3 heterocycles. The first kappa shape index (κ1) is 28.1. The molecule has 5 rings (SSSR count). The highest BCUT2D eigenvalue weighted by Crippen LogP contribution is 2.34. The van der Waals surface area contributed by atoms with Gasteiger partial charge in [0.2, 0.25) is 0 Å². The van der Waals surface area contributed by atoms with Gasteiger partial charge in [-0.3, -0.25) is 14.3 Å². The smallest absolute Gasteiger partial charge is 0.257 e. The molecule has 2 N–H and O–H groups in total. The van der Waals surface area contributed by atoms with Crippen molar-refractivity contribution in [2.45, 2.75) is 46.1 Å². The number of carbonyl (C=O) groups is 2. The minimum atomic E-state index is -0.259. The van der Waals surface area contributed by atoms with Crippen molar-refractivity contribution in [3.05, 3.63) is 95.3 Å². The molecule has 2 aromatic carbocycles. The fourth-order valence-electron chi connectivity index (χ4n) is 5.56. The molecule has 1 aliphatic rings. The van der Waals surface area contributed by atoms with Crippen molar-refractivity contribution in [1.29, 1.82) is 0 Å². The summed E-state index contributed by atoms with van der Waals surface area (Å²) >= 11 is 0. The Morgan fingerprint density at radius 1 is 1.00 bits per heavy atom. The van der Waals surface area contributed by atoms with E-state index in [1.165, 1.54) is 5.56 Å². The lowest BCUT2D eigenvalue weighted by Crippen LogP contribution is -2.42. The van der Waals surface area contributed by atoms with Crippen LogP contribution in [0.2, 0.25) is 0 Å². The number of nitrogens with zero attached hydrogens (tertiary/aromatic N) is 4. The molecule has 0 radical (unpaired) electrons. The number of amides is 2. The number of rotatable bonds is 7. The van der Waals surface area contributed by atoms with Crippen LogP contribution in [-0.4, -0.2) is 50.6 Å². The molecule has 2 amide bonds. The van der Waals surface area contributed by atoms with Gasteiger partial charge < -0.3 is 15.5 Å². The SMILES string of the molecule is Cc1ccc(C(=O)N2CC[C@H](c3ccc(-c4ccnn4C)cc3)[C@H](C)C2)cc1NC(=O)c1ccc(NC(C)C)nc1. The Labute approximate surface area is 241 Å². The number of anilines is 2. The van der Waals surface area contributed by atoms with Crippen molar-refractivity contribution in [3.63, 3.8) is 0 Å². The van der Waals surface area contributed by atoms with Crippen LogP contribution in [0, 0.1) is 12.8 Å². The van der Waals surface area contributed by atoms with E-state index in [4.69, 9.17) is 0 Å². The predicted octanol–water partition coefficient (Wildman–Crippen LogP) is 6.13. The Bertz CT molecular complexity index is 1520. The Kier molecular flexibility index (Phi) is 8.19. The maximum Gasteiger partial charge on any atom is 0.257 e. The highest BCUT2D eigenvalue weighted by molar-refractivity contribution is 6.05. The summed E-state index contributed by atoms with van der Waals surface area (Å²) in [7, 11) is 1.95. The van der Waals surface area contributed by atoms with Crippen LogP contribution >= 0.6 is 0 Å². The van der Waals surface area contributed by atoms with Crippen LogP contribution in [0.25, 0.3) is 11.3 Å². The quantitative estimate of drug-likeness (QED) is 0.289. The first-order chi connectivity index (χ1) is 19.7. The summed E-state index contributed by atoms with van der Waals surface area (Å²) in [5.41, 5.74) is 6.09. The van der Waals surface area contributed by atoms with Gasteiger partial charge in [0.1, 0.15) is 5.82 Å². The maximum atomic E-state index is 13.5. The van der Waals surface area contributed by atoms with Crippen molar-refractivity contribution >= 4 is 23.3 Å². The number of nitrogens with one attached hydrogen (secondary N) is 2. The van der Waals surface area contributed by atoms with Crippen LogP contribution in [0.4, 0.5) is 11.5 Å². The summed E-state index contributed by atoms with van der Waals surface area (Å²) in [5.74, 6) is 1.16. The van der Waals surface area contributed by atoms with Crippen LogP contribution < -0.4 is 10.6 Å². The molecule has 2 atom stereocenters. The van der Waals surface area contributed by atoms with Gasteiger partial charge in [0.05, 0.1) is 11.3 Å². The van der Waals surface area contributed by atoms with Crippen LogP contribution in [0.3, 0.4) is 0 Å². The third-order valence-electron chi connectivity index (χ3n) is 7.84. The standard InChI is InChI=1S/C33H38N6O2/c1-21(2)36-31-13-12-27(19-34-31)32(40)37-29-18-26(7-6-22(29)3)33(41)39-17-15-28(23(4)20-39)24-8-10-25(11-9-24)30-14-16-35-38(30)5/h6-14,16,18-19,21,23,28H,15,17,20H2,1-5H3,(H,34,36)(H,37,40)/t23-,28+/m1/s1. The normalized spacial score (nSPS) is 17.0. The van der Waals surface area contributed by atoms with E-state index in [2.05, 4.69) is 51.9 Å². The van der Waals surface area contributed by atoms with Crippen molar-refractivity contribution in [3.8, 4) is 11.3 Å². The number of pyridine rings is 1. The lowest BCUT2D eigenvalue weighted by Gasteiger charge is -2.37. The van der Waals surface area contributed by atoms with Gasteiger partial charge in [0, 0.05) is 49.8 Å². The maximum absolute atomic E-state index is 13.5. The highest BCUT2D eigenvalue weighted by atomic mass is 16.2. The molecule has 0 unspecified atom stereocenters. The third-order valence-corrected chi connectivity index (χ3v) is 7.84. The van der Waals surface area contributed by atoms with Crippen LogP contribution in [0.1, 0.15) is 65.0 Å². The van der Waals surface area contributed by atoms with Crippen LogP contribution in [0.5, 0.6) is 0 Å². The van der Waals surface area contributed by atoms with E-state index in [1.807, 2.05) is 61.8 Å². The topological polar surface area (TPSA) is 92.2 Å². The van der Waals surface area contributed by atoms with E-state index in [0.717, 1.165) is 29.1 Å². The van der Waals surface area contributed by atoms with E-state index in [1.54, 1.807) is 24.4 Å². The van der Waals surface area contributed by atoms with Crippen molar-refractivity contribution in [2.75, 3.05) is 23.7 Å². The van der Waals surface area contributed by atoms with Crippen LogP contribution in [-0.2, 0) is 7.05 Å². The summed E-state index contributed by atoms with van der Waals surface area (Å²) in [6.07, 6.45) is 4.27. The molecule has 8 nitrogen and oxygen atoms in total. The summed E-state index contributed by atoms with van der Waals surface area (Å²) < 4.78 is 1.88. The third kappa shape index (κ3) is 6.32. The Balaban J connectivity index is 1.23. The molecule has 41 heavy (non-hydrogen) atoms. The van der Waals surface area contributed by atoms with Gasteiger partial charge >= 0.3 is 0 Å². The largest absolute Gasteiger partial charge is 0.368 e. The van der Waals surface area contributed by atoms with E-state index < -0.39 is 0 Å². The zero-order valence-corrected chi connectivity index (χ0v) is 24.4. The number of benzene rings is 2. The van der Waals surface area contributed by atoms with Crippen molar-refractivity contribution in [1.82, 2.24) is 19.7 Å². The zero-order valence-electron chi connectivity index (χ0n) is 24.4. The first-order valence-corrected chi connectivity index (χ1v) is 14.2. The number of carbonyl (C=O) groups excluding carboxylic acids is 2. The number of hydrogen-bond donors (Lipinski definition) is 2. The van der Waals surface area contributed by atoms with Crippen molar-refractivity contribution in [2.24, 2.45) is 13.0 Å². The van der Waals surface area contributed by atoms with Crippen molar-refractivity contribution < 1.29 is 9.59 Å². The summed E-state index contributed by atoms with van der Waals surface area (Å²) in [4.78, 5) is 32.7. The number of piperidine rings is 1. The second-order valence-corrected chi connectivity index (χ2v) is 11.3. The monoisotopic (exact) mass is 550 g/mol. The molecule has 0 aliphatic carbocycles. The molecule has 1 saturated heterocycles. The predicted molar refractivity (Wildman–Crippen MR) is 163 cm³/mol. The van der Waals surface area contributed by atoms with Gasteiger partial charge in [0.25, 0.3) is 11.8 Å². The molecule has 1 fully saturated rings. The molecule has 212 valence electrons. The van der Waals surface area contributed by atoms with E-state index in [0.29, 0.717) is 41.7 Å². The average Bonchev–Trinajstić information content (AvgIpc) is 3.39. The lowest BCUT2D eigenvalue weighted by atomic mass is 9.81. The highest BCUT2D eigenvalue weighted by Gasteiger charge is 2.30. The van der Waals surface area contributed by atoms with Gasteiger partial charge in [-0.15, -0.1) is 0 Å². The molecular weight excluding hydrogens is 512 g/mol. The second-order valence-electron chi connectivity index (χ2n) is 11.3. The van der Waals surface area contributed by atoms with Gasteiger partial charge in [-0.2, -0.15) is 5.10 Å². The fourth-order valence-corrected chi connectivity index (χ4v) is 5.56. The van der Waals surface area contributed by atoms with Crippen LogP contribution in [0.15, 0.2) is 73.1 Å². The van der Waals surface area contributed by atoms with Gasteiger partial charge in [-0.1, -0.05) is 37.3 Å². The fraction of sp³-hybridized carbons (Fsp3) is 0.333. The van der Waals surface area contributed by atoms with E-state index >= 15 is 0 Å². The molecule has 2 aromatic heterocycles.